The number of nitrogens with zero attached hydrogens (tertiary/aromatic N) is 1. The Kier molecular flexibility index (Phi) is 8.61. The number of H-pyrrole nitrogens is 1. The lowest BCUT2D eigenvalue weighted by Gasteiger charge is -2.14. The van der Waals surface area contributed by atoms with Gasteiger partial charge in [0.1, 0.15) is 0 Å². The molecule has 0 bridgehead atoms. The SMILES string of the molecule is CCCCCCC[C@@H](CCCCC)c1cc(C)[nH]n1. The van der Waals surface area contributed by atoms with Gasteiger partial charge in [0, 0.05) is 11.6 Å². The van der Waals surface area contributed by atoms with E-state index in [1.54, 1.807) is 0 Å². The van der Waals surface area contributed by atoms with E-state index in [2.05, 4.69) is 37.0 Å². The van der Waals surface area contributed by atoms with Gasteiger partial charge in [-0.2, -0.15) is 5.10 Å². The van der Waals surface area contributed by atoms with E-state index in [9.17, 15) is 0 Å². The van der Waals surface area contributed by atoms with Crippen molar-refractivity contribution in [1.82, 2.24) is 10.2 Å². The van der Waals surface area contributed by atoms with E-state index in [0.29, 0.717) is 5.92 Å². The van der Waals surface area contributed by atoms with Crippen LogP contribution in [0.3, 0.4) is 0 Å². The topological polar surface area (TPSA) is 28.7 Å². The molecular formula is C17H32N2. The Morgan fingerprint density at radius 2 is 1.53 bits per heavy atom. The minimum Gasteiger partial charge on any atom is -0.283 e. The molecule has 0 amide bonds. The first-order valence-electron chi connectivity index (χ1n) is 8.29. The summed E-state index contributed by atoms with van der Waals surface area (Å²) in [5.41, 5.74) is 2.49. The van der Waals surface area contributed by atoms with Crippen LogP contribution in [-0.2, 0) is 0 Å². The van der Waals surface area contributed by atoms with Crippen molar-refractivity contribution in [2.45, 2.75) is 90.9 Å². The van der Waals surface area contributed by atoms with Gasteiger partial charge < -0.3 is 0 Å². The molecule has 1 N–H and O–H groups in total. The predicted molar refractivity (Wildman–Crippen MR) is 83.6 cm³/mol. The summed E-state index contributed by atoms with van der Waals surface area (Å²) in [6, 6.07) is 2.24. The molecule has 1 aromatic heterocycles. The van der Waals surface area contributed by atoms with Crippen molar-refractivity contribution in [2.75, 3.05) is 0 Å². The zero-order valence-corrected chi connectivity index (χ0v) is 13.2. The number of aromatic amines is 1. The van der Waals surface area contributed by atoms with Crippen LogP contribution in [0.2, 0.25) is 0 Å². The number of aryl methyl sites for hydroxylation is 1. The Hall–Kier alpha value is -0.790. The maximum Gasteiger partial charge on any atom is 0.0655 e. The van der Waals surface area contributed by atoms with Crippen LogP contribution in [0.5, 0.6) is 0 Å². The molecule has 1 aromatic rings. The van der Waals surface area contributed by atoms with Crippen LogP contribution in [0, 0.1) is 6.92 Å². The van der Waals surface area contributed by atoms with Crippen molar-refractivity contribution in [2.24, 2.45) is 0 Å². The highest BCUT2D eigenvalue weighted by molar-refractivity contribution is 5.11. The molecule has 0 fully saturated rings. The Balaban J connectivity index is 2.36. The average Bonchev–Trinajstić information content (AvgIpc) is 2.83. The number of aromatic nitrogens is 2. The van der Waals surface area contributed by atoms with Crippen molar-refractivity contribution in [1.29, 1.82) is 0 Å². The Bertz CT molecular complexity index is 317. The number of nitrogens with one attached hydrogen (secondary N) is 1. The van der Waals surface area contributed by atoms with E-state index < -0.39 is 0 Å². The second kappa shape index (κ2) is 10.1. The molecule has 0 saturated heterocycles. The molecule has 2 heteroatoms. The first-order chi connectivity index (χ1) is 9.27. The molecule has 0 aliphatic carbocycles. The average molecular weight is 264 g/mol. The second-order valence-electron chi connectivity index (χ2n) is 5.87. The molecular weight excluding hydrogens is 232 g/mol. The molecule has 0 radical (unpaired) electrons. The fourth-order valence-electron chi connectivity index (χ4n) is 2.72. The molecule has 1 rings (SSSR count). The monoisotopic (exact) mass is 264 g/mol. The third kappa shape index (κ3) is 6.79. The summed E-state index contributed by atoms with van der Waals surface area (Å²) in [5.74, 6) is 0.679. The lowest BCUT2D eigenvalue weighted by molar-refractivity contribution is 0.489. The zero-order chi connectivity index (χ0) is 13.9. The van der Waals surface area contributed by atoms with Gasteiger partial charge in [-0.05, 0) is 25.8 Å². The van der Waals surface area contributed by atoms with Gasteiger partial charge in [0.05, 0.1) is 5.69 Å². The summed E-state index contributed by atoms with van der Waals surface area (Å²) in [6.07, 6.45) is 13.5. The number of rotatable bonds is 11. The highest BCUT2D eigenvalue weighted by Gasteiger charge is 2.13. The number of hydrogen-bond acceptors (Lipinski definition) is 1. The lowest BCUT2D eigenvalue weighted by atomic mass is 9.92. The van der Waals surface area contributed by atoms with Crippen LogP contribution in [-0.4, -0.2) is 10.2 Å². The van der Waals surface area contributed by atoms with Crippen LogP contribution in [0.25, 0.3) is 0 Å². The molecule has 0 saturated carbocycles. The van der Waals surface area contributed by atoms with Crippen molar-refractivity contribution in [3.8, 4) is 0 Å². The number of unbranched alkanes of at least 4 members (excludes halogenated alkanes) is 6. The van der Waals surface area contributed by atoms with E-state index in [0.717, 1.165) is 0 Å². The summed E-state index contributed by atoms with van der Waals surface area (Å²) in [6.45, 7) is 6.65. The fourth-order valence-corrected chi connectivity index (χ4v) is 2.72. The fraction of sp³-hybridized carbons (Fsp3) is 0.824. The van der Waals surface area contributed by atoms with Crippen LogP contribution in [0.4, 0.5) is 0 Å². The Labute approximate surface area is 119 Å². The Morgan fingerprint density at radius 3 is 2.11 bits per heavy atom. The van der Waals surface area contributed by atoms with Crippen LogP contribution in [0.15, 0.2) is 6.07 Å². The highest BCUT2D eigenvalue weighted by atomic mass is 15.1. The second-order valence-corrected chi connectivity index (χ2v) is 5.87. The van der Waals surface area contributed by atoms with Crippen molar-refractivity contribution in [3.63, 3.8) is 0 Å². The first kappa shape index (κ1) is 16.3. The third-order valence-corrected chi connectivity index (χ3v) is 3.96. The molecule has 0 aliphatic rings. The van der Waals surface area contributed by atoms with Gasteiger partial charge in [-0.25, -0.2) is 0 Å². The van der Waals surface area contributed by atoms with Gasteiger partial charge >= 0.3 is 0 Å². The van der Waals surface area contributed by atoms with E-state index in [4.69, 9.17) is 0 Å². The predicted octanol–water partition coefficient (Wildman–Crippen LogP) is 5.74. The van der Waals surface area contributed by atoms with Gasteiger partial charge in [0.25, 0.3) is 0 Å². The van der Waals surface area contributed by atoms with E-state index in [1.165, 1.54) is 75.6 Å². The summed E-state index contributed by atoms with van der Waals surface area (Å²) in [5, 5.41) is 7.59. The molecule has 110 valence electrons. The highest BCUT2D eigenvalue weighted by Crippen LogP contribution is 2.27. The Morgan fingerprint density at radius 1 is 0.947 bits per heavy atom. The van der Waals surface area contributed by atoms with Gasteiger partial charge in [-0.1, -0.05) is 65.2 Å². The summed E-state index contributed by atoms with van der Waals surface area (Å²) in [7, 11) is 0. The smallest absolute Gasteiger partial charge is 0.0655 e. The largest absolute Gasteiger partial charge is 0.283 e. The summed E-state index contributed by atoms with van der Waals surface area (Å²) < 4.78 is 0. The van der Waals surface area contributed by atoms with Crippen LogP contribution < -0.4 is 0 Å². The van der Waals surface area contributed by atoms with E-state index in [1.807, 2.05) is 0 Å². The normalized spacial score (nSPS) is 12.8. The molecule has 0 spiro atoms. The maximum absolute atomic E-state index is 4.48. The standard InChI is InChI=1S/C17H32N2/c1-4-6-8-9-11-13-16(12-10-7-5-2)17-14-15(3)18-19-17/h14,16H,4-13H2,1-3H3,(H,18,19)/t16-/m1/s1. The van der Waals surface area contributed by atoms with Gasteiger partial charge in [0.15, 0.2) is 0 Å². The minimum absolute atomic E-state index is 0.679. The first-order valence-corrected chi connectivity index (χ1v) is 8.29. The summed E-state index contributed by atoms with van der Waals surface area (Å²) >= 11 is 0. The summed E-state index contributed by atoms with van der Waals surface area (Å²) in [4.78, 5) is 0. The number of hydrogen-bond donors (Lipinski definition) is 1. The van der Waals surface area contributed by atoms with Crippen LogP contribution >= 0.6 is 0 Å². The van der Waals surface area contributed by atoms with Crippen molar-refractivity contribution in [3.05, 3.63) is 17.5 Å². The molecule has 19 heavy (non-hydrogen) atoms. The third-order valence-electron chi connectivity index (χ3n) is 3.96. The molecule has 0 aromatic carbocycles. The molecule has 2 nitrogen and oxygen atoms in total. The van der Waals surface area contributed by atoms with Crippen LogP contribution in [0.1, 0.15) is 95.4 Å². The molecule has 0 unspecified atom stereocenters. The van der Waals surface area contributed by atoms with Gasteiger partial charge in [-0.3, -0.25) is 5.10 Å². The zero-order valence-electron chi connectivity index (χ0n) is 13.2. The maximum atomic E-state index is 4.48. The van der Waals surface area contributed by atoms with Gasteiger partial charge in [0.2, 0.25) is 0 Å². The lowest BCUT2D eigenvalue weighted by Crippen LogP contribution is -2.00. The van der Waals surface area contributed by atoms with E-state index in [-0.39, 0.29) is 0 Å². The van der Waals surface area contributed by atoms with Crippen molar-refractivity contribution >= 4 is 0 Å². The minimum atomic E-state index is 0.679. The molecule has 0 aliphatic heterocycles. The van der Waals surface area contributed by atoms with Crippen molar-refractivity contribution < 1.29 is 0 Å². The molecule has 1 heterocycles. The quantitative estimate of drug-likeness (QED) is 0.507. The molecule has 1 atom stereocenters. The van der Waals surface area contributed by atoms with Gasteiger partial charge in [-0.15, -0.1) is 0 Å². The van der Waals surface area contributed by atoms with E-state index >= 15 is 0 Å².